The molecule has 0 fully saturated rings. The van der Waals surface area contributed by atoms with E-state index in [1.807, 2.05) is 0 Å². The summed E-state index contributed by atoms with van der Waals surface area (Å²) in [7, 11) is 0. The molecule has 0 bridgehead atoms. The highest BCUT2D eigenvalue weighted by Crippen LogP contribution is 2.27. The number of carbonyl (C=O) groups excluding carboxylic acids is 1. The first kappa shape index (κ1) is 15.8. The Bertz CT molecular complexity index is 404. The van der Waals surface area contributed by atoms with Crippen molar-refractivity contribution in [1.82, 2.24) is 4.98 Å². The lowest BCUT2D eigenvalue weighted by Crippen LogP contribution is -2.12. The number of halogens is 1. The summed E-state index contributed by atoms with van der Waals surface area (Å²) < 4.78 is 0. The molecule has 0 saturated heterocycles. The van der Waals surface area contributed by atoms with E-state index in [0.717, 1.165) is 18.0 Å². The molecule has 1 aliphatic carbocycles. The highest BCUT2D eigenvalue weighted by Gasteiger charge is 2.13. The second kappa shape index (κ2) is 8.63. The van der Waals surface area contributed by atoms with Crippen molar-refractivity contribution in [1.29, 1.82) is 0 Å². The summed E-state index contributed by atoms with van der Waals surface area (Å²) in [5.74, 6) is -0.180. The lowest BCUT2D eigenvalue weighted by Gasteiger charge is -2.06. The average molecular weight is 315 g/mol. The van der Waals surface area contributed by atoms with Gasteiger partial charge in [-0.3, -0.25) is 4.79 Å². The summed E-state index contributed by atoms with van der Waals surface area (Å²) in [4.78, 5) is 17.3. The van der Waals surface area contributed by atoms with E-state index in [4.69, 9.17) is 11.6 Å². The number of thiazole rings is 1. The van der Waals surface area contributed by atoms with E-state index in [0.29, 0.717) is 0 Å². The summed E-state index contributed by atoms with van der Waals surface area (Å²) in [6, 6.07) is 0. The van der Waals surface area contributed by atoms with E-state index >= 15 is 0 Å². The summed E-state index contributed by atoms with van der Waals surface area (Å²) in [6.07, 6.45) is 12.6. The van der Waals surface area contributed by atoms with Gasteiger partial charge in [0.25, 0.3) is 0 Å². The monoisotopic (exact) mass is 314 g/mol. The molecule has 1 aliphatic rings. The highest BCUT2D eigenvalue weighted by molar-refractivity contribution is 7.15. The maximum atomic E-state index is 11.4. The molecule has 0 radical (unpaired) electrons. The predicted molar refractivity (Wildman–Crippen MR) is 85.8 cm³/mol. The van der Waals surface area contributed by atoms with Gasteiger partial charge in [0.2, 0.25) is 5.91 Å². The number of rotatable bonds is 2. The van der Waals surface area contributed by atoms with Gasteiger partial charge in [0, 0.05) is 4.88 Å². The molecule has 0 unspecified atom stereocenters. The van der Waals surface area contributed by atoms with Crippen LogP contribution in [0.4, 0.5) is 5.13 Å². The standard InChI is InChI=1S/C15H23ClN2OS/c16-11-14(19)18-15-17-12-9-7-5-3-1-2-4-6-8-10-13(12)20-15/h1-11H2,(H,17,18,19). The molecule has 5 heteroatoms. The molecule has 112 valence electrons. The van der Waals surface area contributed by atoms with E-state index in [9.17, 15) is 4.79 Å². The molecule has 20 heavy (non-hydrogen) atoms. The largest absolute Gasteiger partial charge is 0.301 e. The van der Waals surface area contributed by atoms with Gasteiger partial charge in [-0.1, -0.05) is 38.5 Å². The van der Waals surface area contributed by atoms with Crippen molar-refractivity contribution >= 4 is 34.0 Å². The Kier molecular flexibility index (Phi) is 6.80. The third-order valence-corrected chi connectivity index (χ3v) is 5.03. The minimum absolute atomic E-state index is 0.00968. The van der Waals surface area contributed by atoms with Crippen molar-refractivity contribution in [2.75, 3.05) is 11.2 Å². The van der Waals surface area contributed by atoms with Gasteiger partial charge >= 0.3 is 0 Å². The van der Waals surface area contributed by atoms with Crippen molar-refractivity contribution in [3.05, 3.63) is 10.6 Å². The van der Waals surface area contributed by atoms with Crippen LogP contribution in [0.2, 0.25) is 0 Å². The van der Waals surface area contributed by atoms with Gasteiger partial charge < -0.3 is 5.32 Å². The van der Waals surface area contributed by atoms with Crippen LogP contribution < -0.4 is 5.32 Å². The summed E-state index contributed by atoms with van der Waals surface area (Å²) in [5, 5.41) is 3.50. The number of hydrogen-bond donors (Lipinski definition) is 1. The molecule has 2 rings (SSSR count). The number of carbonyl (C=O) groups is 1. The lowest BCUT2D eigenvalue weighted by atomic mass is 10.0. The first-order valence-electron chi connectivity index (χ1n) is 7.64. The number of amides is 1. The average Bonchev–Trinajstić information content (AvgIpc) is 2.80. The number of hydrogen-bond acceptors (Lipinski definition) is 3. The van der Waals surface area contributed by atoms with Crippen LogP contribution in [-0.2, 0) is 17.6 Å². The normalized spacial score (nSPS) is 17.6. The van der Waals surface area contributed by atoms with Gasteiger partial charge in [0.05, 0.1) is 5.69 Å². The van der Waals surface area contributed by atoms with Crippen LogP contribution in [0.3, 0.4) is 0 Å². The Morgan fingerprint density at radius 2 is 1.65 bits per heavy atom. The number of anilines is 1. The molecular weight excluding hydrogens is 292 g/mol. The third kappa shape index (κ3) is 5.06. The number of fused-ring (bicyclic) bond motifs is 1. The topological polar surface area (TPSA) is 42.0 Å². The van der Waals surface area contributed by atoms with Crippen molar-refractivity contribution in [2.45, 2.75) is 64.2 Å². The summed E-state index contributed by atoms with van der Waals surface area (Å²) in [5.41, 5.74) is 1.19. The quantitative estimate of drug-likeness (QED) is 0.814. The Labute approximate surface area is 130 Å². The first-order valence-corrected chi connectivity index (χ1v) is 8.99. The molecule has 0 aromatic carbocycles. The van der Waals surface area contributed by atoms with Crippen LogP contribution in [0, 0.1) is 0 Å². The second-order valence-electron chi connectivity index (χ2n) is 5.40. The van der Waals surface area contributed by atoms with Gasteiger partial charge in [-0.2, -0.15) is 0 Å². The number of aryl methyl sites for hydroxylation is 2. The van der Waals surface area contributed by atoms with Gasteiger partial charge in [-0.05, 0) is 25.7 Å². The Hall–Kier alpha value is -0.610. The van der Waals surface area contributed by atoms with Crippen molar-refractivity contribution in [2.24, 2.45) is 0 Å². The van der Waals surface area contributed by atoms with E-state index in [2.05, 4.69) is 10.3 Å². The predicted octanol–water partition coefficient (Wildman–Crippen LogP) is 4.54. The first-order chi connectivity index (χ1) is 9.79. The van der Waals surface area contributed by atoms with E-state index in [-0.39, 0.29) is 11.8 Å². The zero-order chi connectivity index (χ0) is 14.2. The summed E-state index contributed by atoms with van der Waals surface area (Å²) >= 11 is 7.15. The molecule has 1 aromatic rings. The van der Waals surface area contributed by atoms with Crippen molar-refractivity contribution in [3.63, 3.8) is 0 Å². The SMILES string of the molecule is O=C(CCl)Nc1nc2c(s1)CCCCCCCCCC2. The molecule has 1 amide bonds. The molecule has 1 N–H and O–H groups in total. The zero-order valence-electron chi connectivity index (χ0n) is 11.9. The molecular formula is C15H23ClN2OS. The van der Waals surface area contributed by atoms with Crippen molar-refractivity contribution in [3.8, 4) is 0 Å². The number of nitrogens with one attached hydrogen (secondary N) is 1. The van der Waals surface area contributed by atoms with Crippen molar-refractivity contribution < 1.29 is 4.79 Å². The molecule has 0 saturated carbocycles. The fraction of sp³-hybridized carbons (Fsp3) is 0.733. The second-order valence-corrected chi connectivity index (χ2v) is 6.75. The van der Waals surface area contributed by atoms with E-state index < -0.39 is 0 Å². The van der Waals surface area contributed by atoms with Crippen LogP contribution in [0.15, 0.2) is 0 Å². The molecule has 1 aromatic heterocycles. The zero-order valence-corrected chi connectivity index (χ0v) is 13.5. The van der Waals surface area contributed by atoms with E-state index in [1.165, 1.54) is 61.9 Å². The van der Waals surface area contributed by atoms with Crippen LogP contribution in [0.5, 0.6) is 0 Å². The summed E-state index contributed by atoms with van der Waals surface area (Å²) in [6.45, 7) is 0. The number of nitrogens with zero attached hydrogens (tertiary/aromatic N) is 1. The van der Waals surface area contributed by atoms with Gasteiger partial charge in [-0.25, -0.2) is 4.98 Å². The maximum absolute atomic E-state index is 11.4. The number of alkyl halides is 1. The maximum Gasteiger partial charge on any atom is 0.241 e. The van der Waals surface area contributed by atoms with Crippen LogP contribution in [-0.4, -0.2) is 16.8 Å². The van der Waals surface area contributed by atoms with Gasteiger partial charge in [0.1, 0.15) is 5.88 Å². The molecule has 3 nitrogen and oxygen atoms in total. The van der Waals surface area contributed by atoms with E-state index in [1.54, 1.807) is 11.3 Å². The Morgan fingerprint density at radius 1 is 1.05 bits per heavy atom. The fourth-order valence-corrected chi connectivity index (χ4v) is 3.75. The van der Waals surface area contributed by atoms with Crippen LogP contribution in [0.1, 0.15) is 61.9 Å². The third-order valence-electron chi connectivity index (χ3n) is 3.71. The Morgan fingerprint density at radius 3 is 2.30 bits per heavy atom. The van der Waals surface area contributed by atoms with Gasteiger partial charge in [-0.15, -0.1) is 22.9 Å². The smallest absolute Gasteiger partial charge is 0.241 e. The molecule has 0 aliphatic heterocycles. The number of aromatic nitrogens is 1. The molecule has 1 heterocycles. The molecule has 0 spiro atoms. The fourth-order valence-electron chi connectivity index (χ4n) is 2.62. The van der Waals surface area contributed by atoms with Crippen LogP contribution >= 0.6 is 22.9 Å². The van der Waals surface area contributed by atoms with Crippen LogP contribution in [0.25, 0.3) is 0 Å². The molecule has 0 atom stereocenters. The highest BCUT2D eigenvalue weighted by atomic mass is 35.5. The van der Waals surface area contributed by atoms with Gasteiger partial charge in [0.15, 0.2) is 5.13 Å². The lowest BCUT2D eigenvalue weighted by molar-refractivity contribution is -0.113. The minimum atomic E-state index is -0.170. The Balaban J connectivity index is 2.02. The minimum Gasteiger partial charge on any atom is -0.301 e.